The number of rotatable bonds is 5. The molecule has 0 saturated carbocycles. The van der Waals surface area contributed by atoms with Crippen LogP contribution in [0.3, 0.4) is 0 Å². The predicted octanol–water partition coefficient (Wildman–Crippen LogP) is 3.59. The standard InChI is InChI=1S/C24H21N9OS/c1-14-10-15(2)32(29-14)17-8-9-20(25-11-17)22-28-21(12-31-16(3)13-35-24(31)34)33(30-22)23-26-18-6-4-5-7-19(18)27-23/h4-11,13H,12H2,1-3H3,(H,26,27). The lowest BCUT2D eigenvalue weighted by atomic mass is 10.3. The topological polar surface area (TPSA) is 112 Å². The maximum Gasteiger partial charge on any atom is 0.307 e. The molecule has 35 heavy (non-hydrogen) atoms. The molecule has 0 unspecified atom stereocenters. The minimum atomic E-state index is -0.0458. The zero-order chi connectivity index (χ0) is 24.1. The molecule has 1 N–H and O–H groups in total. The van der Waals surface area contributed by atoms with Gasteiger partial charge in [-0.25, -0.2) is 14.6 Å². The summed E-state index contributed by atoms with van der Waals surface area (Å²) in [6.07, 6.45) is 1.75. The van der Waals surface area contributed by atoms with Crippen molar-refractivity contribution in [3.8, 4) is 23.2 Å². The lowest BCUT2D eigenvalue weighted by molar-refractivity contribution is 0.668. The number of pyridine rings is 1. The summed E-state index contributed by atoms with van der Waals surface area (Å²) in [4.78, 5) is 29.7. The third kappa shape index (κ3) is 3.75. The van der Waals surface area contributed by atoms with E-state index in [1.165, 1.54) is 11.3 Å². The second kappa shape index (κ2) is 8.13. The molecular weight excluding hydrogens is 462 g/mol. The van der Waals surface area contributed by atoms with Gasteiger partial charge in [0.2, 0.25) is 11.8 Å². The van der Waals surface area contributed by atoms with Crippen LogP contribution in [0.5, 0.6) is 0 Å². The number of nitrogens with zero attached hydrogens (tertiary/aromatic N) is 8. The third-order valence-electron chi connectivity index (χ3n) is 5.76. The van der Waals surface area contributed by atoms with Gasteiger partial charge in [-0.05, 0) is 51.1 Å². The summed E-state index contributed by atoms with van der Waals surface area (Å²) >= 11 is 1.17. The number of nitrogens with one attached hydrogen (secondary N) is 1. The minimum absolute atomic E-state index is 0.0458. The number of fused-ring (bicyclic) bond motifs is 1. The Morgan fingerprint density at radius 3 is 2.51 bits per heavy atom. The summed E-state index contributed by atoms with van der Waals surface area (Å²) in [5.41, 5.74) is 6.03. The molecule has 6 aromatic rings. The Morgan fingerprint density at radius 1 is 0.971 bits per heavy atom. The average molecular weight is 484 g/mol. The van der Waals surface area contributed by atoms with Gasteiger partial charge < -0.3 is 4.98 Å². The lowest BCUT2D eigenvalue weighted by Gasteiger charge is -2.04. The number of hydrogen-bond acceptors (Lipinski definition) is 7. The van der Waals surface area contributed by atoms with Gasteiger partial charge in [-0.15, -0.1) is 5.10 Å². The SMILES string of the molecule is Cc1cc(C)n(-c2ccc(-c3nc(Cn4c(C)csc4=O)n(-c4nc5ccccc5[nH]4)n3)nc2)n1. The quantitative estimate of drug-likeness (QED) is 0.401. The van der Waals surface area contributed by atoms with E-state index in [2.05, 4.69) is 20.1 Å². The summed E-state index contributed by atoms with van der Waals surface area (Å²) < 4.78 is 5.18. The van der Waals surface area contributed by atoms with Crippen molar-refractivity contribution in [2.75, 3.05) is 0 Å². The fourth-order valence-electron chi connectivity index (χ4n) is 4.04. The average Bonchev–Trinajstić information content (AvgIpc) is 3.62. The molecule has 0 atom stereocenters. The highest BCUT2D eigenvalue weighted by molar-refractivity contribution is 7.07. The van der Waals surface area contributed by atoms with Gasteiger partial charge in [0.1, 0.15) is 5.69 Å². The van der Waals surface area contributed by atoms with Crippen LogP contribution in [0.4, 0.5) is 0 Å². The van der Waals surface area contributed by atoms with Crippen molar-refractivity contribution in [3.05, 3.63) is 86.6 Å². The first kappa shape index (κ1) is 21.2. The summed E-state index contributed by atoms with van der Waals surface area (Å²) in [6.45, 7) is 6.13. The van der Waals surface area contributed by atoms with Gasteiger partial charge in [0.25, 0.3) is 0 Å². The minimum Gasteiger partial charge on any atom is -0.322 e. The third-order valence-corrected chi connectivity index (χ3v) is 6.64. The van der Waals surface area contributed by atoms with Crippen LogP contribution in [0, 0.1) is 20.8 Å². The van der Waals surface area contributed by atoms with Crippen molar-refractivity contribution >= 4 is 22.4 Å². The summed E-state index contributed by atoms with van der Waals surface area (Å²) in [6, 6.07) is 13.6. The highest BCUT2D eigenvalue weighted by Crippen LogP contribution is 2.20. The molecule has 1 aromatic carbocycles. The number of benzene rings is 1. The van der Waals surface area contributed by atoms with Crippen LogP contribution in [0.2, 0.25) is 0 Å². The van der Waals surface area contributed by atoms with Crippen molar-refractivity contribution in [2.24, 2.45) is 0 Å². The Balaban J connectivity index is 1.44. The molecule has 0 aliphatic carbocycles. The second-order valence-corrected chi connectivity index (χ2v) is 9.13. The molecule has 174 valence electrons. The first-order valence-electron chi connectivity index (χ1n) is 11.0. The number of aromatic nitrogens is 9. The molecule has 11 heteroatoms. The molecule has 6 rings (SSSR count). The van der Waals surface area contributed by atoms with E-state index in [1.807, 2.05) is 73.3 Å². The number of para-hydroxylation sites is 2. The van der Waals surface area contributed by atoms with Crippen LogP contribution < -0.4 is 4.87 Å². The fraction of sp³-hybridized carbons (Fsp3) is 0.167. The molecule has 0 bridgehead atoms. The predicted molar refractivity (Wildman–Crippen MR) is 133 cm³/mol. The van der Waals surface area contributed by atoms with Crippen LogP contribution in [0.25, 0.3) is 34.2 Å². The number of aryl methyl sites for hydroxylation is 3. The van der Waals surface area contributed by atoms with E-state index in [1.54, 1.807) is 15.4 Å². The molecule has 5 heterocycles. The van der Waals surface area contributed by atoms with E-state index in [-0.39, 0.29) is 11.4 Å². The molecule has 0 saturated heterocycles. The summed E-state index contributed by atoms with van der Waals surface area (Å²) in [5, 5.41) is 11.1. The Labute approximate surface area is 203 Å². The number of aromatic amines is 1. The highest BCUT2D eigenvalue weighted by Gasteiger charge is 2.19. The van der Waals surface area contributed by atoms with Gasteiger partial charge >= 0.3 is 4.87 Å². The van der Waals surface area contributed by atoms with Crippen molar-refractivity contribution < 1.29 is 0 Å². The molecule has 0 fully saturated rings. The van der Waals surface area contributed by atoms with E-state index in [0.29, 0.717) is 23.3 Å². The number of hydrogen-bond donors (Lipinski definition) is 1. The van der Waals surface area contributed by atoms with E-state index in [0.717, 1.165) is 33.8 Å². The molecule has 5 aromatic heterocycles. The largest absolute Gasteiger partial charge is 0.322 e. The summed E-state index contributed by atoms with van der Waals surface area (Å²) in [7, 11) is 0. The zero-order valence-corrected chi connectivity index (χ0v) is 20.1. The summed E-state index contributed by atoms with van der Waals surface area (Å²) in [5.74, 6) is 1.55. The number of H-pyrrole nitrogens is 1. The normalized spacial score (nSPS) is 11.5. The van der Waals surface area contributed by atoms with E-state index >= 15 is 0 Å². The molecular formula is C24H21N9OS. The van der Waals surface area contributed by atoms with Crippen molar-refractivity contribution in [3.63, 3.8) is 0 Å². The van der Waals surface area contributed by atoms with Crippen LogP contribution >= 0.6 is 11.3 Å². The molecule has 10 nitrogen and oxygen atoms in total. The fourth-order valence-corrected chi connectivity index (χ4v) is 4.77. The van der Waals surface area contributed by atoms with E-state index in [4.69, 9.17) is 10.1 Å². The van der Waals surface area contributed by atoms with Gasteiger partial charge in [0.15, 0.2) is 5.82 Å². The first-order chi connectivity index (χ1) is 17.0. The smallest absolute Gasteiger partial charge is 0.307 e. The maximum absolute atomic E-state index is 12.4. The number of imidazole rings is 1. The van der Waals surface area contributed by atoms with Crippen molar-refractivity contribution in [1.82, 2.24) is 44.1 Å². The molecule has 0 radical (unpaired) electrons. The maximum atomic E-state index is 12.4. The van der Waals surface area contributed by atoms with Crippen molar-refractivity contribution in [2.45, 2.75) is 27.3 Å². The highest BCUT2D eigenvalue weighted by atomic mass is 32.1. The Kier molecular flexibility index (Phi) is 4.92. The van der Waals surface area contributed by atoms with Gasteiger partial charge in [-0.3, -0.25) is 14.3 Å². The molecule has 0 spiro atoms. The number of thiazole rings is 1. The van der Waals surface area contributed by atoms with Crippen LogP contribution in [0.15, 0.2) is 58.8 Å². The molecule has 0 aliphatic heterocycles. The van der Waals surface area contributed by atoms with Crippen molar-refractivity contribution in [1.29, 1.82) is 0 Å². The van der Waals surface area contributed by atoms with Gasteiger partial charge in [-0.2, -0.15) is 9.78 Å². The van der Waals surface area contributed by atoms with Gasteiger partial charge in [-0.1, -0.05) is 23.5 Å². The van der Waals surface area contributed by atoms with Crippen LogP contribution in [0.1, 0.15) is 22.9 Å². The second-order valence-electron chi connectivity index (χ2n) is 8.31. The lowest BCUT2D eigenvalue weighted by Crippen LogP contribution is -2.18. The Morgan fingerprint density at radius 2 is 1.83 bits per heavy atom. The van der Waals surface area contributed by atoms with Crippen LogP contribution in [-0.4, -0.2) is 44.1 Å². The first-order valence-corrected chi connectivity index (χ1v) is 11.9. The Bertz CT molecular complexity index is 1700. The van der Waals surface area contributed by atoms with E-state index < -0.39 is 0 Å². The Hall–Kier alpha value is -4.38. The monoisotopic (exact) mass is 483 g/mol. The molecule has 0 aliphatic rings. The van der Waals surface area contributed by atoms with Gasteiger partial charge in [0.05, 0.1) is 35.2 Å². The molecule has 0 amide bonds. The van der Waals surface area contributed by atoms with Gasteiger partial charge in [0, 0.05) is 16.8 Å². The zero-order valence-electron chi connectivity index (χ0n) is 19.3. The van der Waals surface area contributed by atoms with Crippen LogP contribution in [-0.2, 0) is 6.54 Å². The van der Waals surface area contributed by atoms with E-state index in [9.17, 15) is 4.79 Å².